The number of benzene rings is 1. The zero-order chi connectivity index (χ0) is 16.8. The Bertz CT molecular complexity index is 653. The van der Waals surface area contributed by atoms with Crippen LogP contribution in [0.25, 0.3) is 0 Å². The molecule has 0 heterocycles. The number of nitro benzene ring substituents is 1. The predicted octanol–water partition coefficient (Wildman–Crippen LogP) is 2.41. The topological polar surface area (TPSA) is 104 Å². The first-order valence-electron chi connectivity index (χ1n) is 6.91. The summed E-state index contributed by atoms with van der Waals surface area (Å²) in [6.07, 6.45) is 2.20. The lowest BCUT2D eigenvalue weighted by molar-refractivity contribution is -0.385. The Morgan fingerprint density at radius 3 is 2.55 bits per heavy atom. The summed E-state index contributed by atoms with van der Waals surface area (Å²) in [6, 6.07) is 3.82. The van der Waals surface area contributed by atoms with E-state index in [1.807, 2.05) is 6.92 Å². The number of hydrogen-bond donors (Lipinski definition) is 0. The molecule has 0 spiro atoms. The summed E-state index contributed by atoms with van der Waals surface area (Å²) in [5.41, 5.74) is 0.244. The standard InChI is InChI=1S/C14H19NO6S/c1-3-4-5-8-22(19,20)10-14(16)21-12-6-7-13(15(17)18)11(2)9-12/h6-7,9H,3-5,8,10H2,1-2H3. The van der Waals surface area contributed by atoms with Gasteiger partial charge in [0.15, 0.2) is 9.84 Å². The van der Waals surface area contributed by atoms with Crippen molar-refractivity contribution in [2.24, 2.45) is 0 Å². The van der Waals surface area contributed by atoms with Crippen molar-refractivity contribution in [2.45, 2.75) is 33.1 Å². The maximum atomic E-state index is 11.7. The highest BCUT2D eigenvalue weighted by Crippen LogP contribution is 2.23. The van der Waals surface area contributed by atoms with Gasteiger partial charge in [-0.1, -0.05) is 19.8 Å². The molecule has 0 saturated heterocycles. The Hall–Kier alpha value is -1.96. The summed E-state index contributed by atoms with van der Waals surface area (Å²) in [6.45, 7) is 3.47. The summed E-state index contributed by atoms with van der Waals surface area (Å²) < 4.78 is 28.4. The van der Waals surface area contributed by atoms with Gasteiger partial charge in [-0.2, -0.15) is 0 Å². The van der Waals surface area contributed by atoms with Crippen molar-refractivity contribution in [1.82, 2.24) is 0 Å². The number of ether oxygens (including phenoxy) is 1. The van der Waals surface area contributed by atoms with Crippen LogP contribution < -0.4 is 4.74 Å². The molecule has 7 nitrogen and oxygen atoms in total. The number of rotatable bonds is 8. The van der Waals surface area contributed by atoms with Gasteiger partial charge in [0.05, 0.1) is 10.7 Å². The Morgan fingerprint density at radius 2 is 2.00 bits per heavy atom. The third-order valence-corrected chi connectivity index (χ3v) is 4.58. The van der Waals surface area contributed by atoms with Crippen LogP contribution in [-0.2, 0) is 14.6 Å². The fourth-order valence-corrected chi connectivity index (χ4v) is 3.09. The number of nitro groups is 1. The first kappa shape index (κ1) is 18.1. The van der Waals surface area contributed by atoms with Crippen molar-refractivity contribution in [2.75, 3.05) is 11.5 Å². The van der Waals surface area contributed by atoms with Crippen molar-refractivity contribution < 1.29 is 22.9 Å². The van der Waals surface area contributed by atoms with Gasteiger partial charge in [0.25, 0.3) is 5.69 Å². The highest BCUT2D eigenvalue weighted by Gasteiger charge is 2.19. The third kappa shape index (κ3) is 5.80. The van der Waals surface area contributed by atoms with E-state index in [0.717, 1.165) is 12.8 Å². The summed E-state index contributed by atoms with van der Waals surface area (Å²) in [5.74, 6) is -1.52. The van der Waals surface area contributed by atoms with Crippen LogP contribution in [0.15, 0.2) is 18.2 Å². The van der Waals surface area contributed by atoms with Gasteiger partial charge in [-0.3, -0.25) is 14.9 Å². The van der Waals surface area contributed by atoms with Crippen molar-refractivity contribution in [3.8, 4) is 5.75 Å². The van der Waals surface area contributed by atoms with E-state index in [-0.39, 0.29) is 17.2 Å². The molecule has 1 rings (SSSR count). The molecule has 0 atom stereocenters. The lowest BCUT2D eigenvalue weighted by atomic mass is 10.2. The number of aryl methyl sites for hydroxylation is 1. The van der Waals surface area contributed by atoms with Gasteiger partial charge in [-0.25, -0.2) is 8.42 Å². The number of unbranched alkanes of at least 4 members (excludes halogenated alkanes) is 2. The van der Waals surface area contributed by atoms with Crippen molar-refractivity contribution >= 4 is 21.5 Å². The summed E-state index contributed by atoms with van der Waals surface area (Å²) in [4.78, 5) is 21.8. The second-order valence-corrected chi connectivity index (χ2v) is 7.16. The largest absolute Gasteiger partial charge is 0.426 e. The fourth-order valence-electron chi connectivity index (χ4n) is 1.88. The Labute approximate surface area is 129 Å². The number of hydrogen-bond acceptors (Lipinski definition) is 6. The van der Waals surface area contributed by atoms with Crippen LogP contribution in [0.2, 0.25) is 0 Å². The Morgan fingerprint density at radius 1 is 1.32 bits per heavy atom. The van der Waals surface area contributed by atoms with Gasteiger partial charge >= 0.3 is 5.97 Å². The maximum absolute atomic E-state index is 11.7. The van der Waals surface area contributed by atoms with E-state index in [1.54, 1.807) is 0 Å². The molecule has 8 heteroatoms. The van der Waals surface area contributed by atoms with Gasteiger partial charge < -0.3 is 4.74 Å². The lowest BCUT2D eigenvalue weighted by Crippen LogP contribution is -2.23. The average molecular weight is 329 g/mol. The molecule has 1 aromatic carbocycles. The summed E-state index contributed by atoms with van der Waals surface area (Å²) >= 11 is 0. The van der Waals surface area contributed by atoms with Gasteiger partial charge in [0.2, 0.25) is 0 Å². The Balaban J connectivity index is 2.65. The normalized spacial score (nSPS) is 11.2. The maximum Gasteiger partial charge on any atom is 0.326 e. The highest BCUT2D eigenvalue weighted by atomic mass is 32.2. The highest BCUT2D eigenvalue weighted by molar-refractivity contribution is 7.92. The minimum Gasteiger partial charge on any atom is -0.426 e. The molecule has 0 saturated carbocycles. The number of nitrogens with zero attached hydrogens (tertiary/aromatic N) is 1. The molecule has 0 bridgehead atoms. The first-order chi connectivity index (χ1) is 10.2. The molecule has 122 valence electrons. The molecule has 0 radical (unpaired) electrons. The second-order valence-electron chi connectivity index (χ2n) is 4.98. The van der Waals surface area contributed by atoms with E-state index in [9.17, 15) is 23.3 Å². The monoisotopic (exact) mass is 329 g/mol. The molecular formula is C14H19NO6S. The molecule has 0 aliphatic rings. The van der Waals surface area contributed by atoms with Crippen molar-refractivity contribution in [1.29, 1.82) is 0 Å². The van der Waals surface area contributed by atoms with Gasteiger partial charge in [-0.15, -0.1) is 0 Å². The first-order valence-corrected chi connectivity index (χ1v) is 8.73. The SMILES string of the molecule is CCCCCS(=O)(=O)CC(=O)Oc1ccc([N+](=O)[O-])c(C)c1. The van der Waals surface area contributed by atoms with E-state index in [1.165, 1.54) is 25.1 Å². The smallest absolute Gasteiger partial charge is 0.326 e. The zero-order valence-corrected chi connectivity index (χ0v) is 13.4. The lowest BCUT2D eigenvalue weighted by Gasteiger charge is -2.06. The van der Waals surface area contributed by atoms with E-state index in [2.05, 4.69) is 0 Å². The molecule has 22 heavy (non-hydrogen) atoms. The number of carbonyl (C=O) groups excluding carboxylic acids is 1. The minimum absolute atomic E-state index is 0.0464. The van der Waals surface area contributed by atoms with E-state index in [4.69, 9.17) is 4.74 Å². The van der Waals surface area contributed by atoms with Gasteiger partial charge in [-0.05, 0) is 25.5 Å². The summed E-state index contributed by atoms with van der Waals surface area (Å²) in [5, 5.41) is 10.7. The molecular weight excluding hydrogens is 310 g/mol. The molecule has 0 aromatic heterocycles. The average Bonchev–Trinajstić information content (AvgIpc) is 2.37. The second kappa shape index (κ2) is 7.88. The zero-order valence-electron chi connectivity index (χ0n) is 12.6. The van der Waals surface area contributed by atoms with E-state index >= 15 is 0 Å². The number of carbonyl (C=O) groups is 1. The number of sulfone groups is 1. The molecule has 1 aromatic rings. The molecule has 0 amide bonds. The molecule has 0 unspecified atom stereocenters. The van der Waals surface area contributed by atoms with Gasteiger partial charge in [0.1, 0.15) is 11.5 Å². The molecule has 0 fully saturated rings. The van der Waals surface area contributed by atoms with Crippen LogP contribution in [0.1, 0.15) is 31.7 Å². The number of esters is 1. The van der Waals surface area contributed by atoms with Crippen molar-refractivity contribution in [3.05, 3.63) is 33.9 Å². The fraction of sp³-hybridized carbons (Fsp3) is 0.500. The molecule has 0 N–H and O–H groups in total. The third-order valence-electron chi connectivity index (χ3n) is 2.99. The summed E-state index contributed by atoms with van der Waals surface area (Å²) in [7, 11) is -3.49. The van der Waals surface area contributed by atoms with E-state index in [0.29, 0.717) is 12.0 Å². The quantitative estimate of drug-likeness (QED) is 0.238. The van der Waals surface area contributed by atoms with Crippen LogP contribution in [-0.4, -0.2) is 30.8 Å². The van der Waals surface area contributed by atoms with Crippen LogP contribution in [0.4, 0.5) is 5.69 Å². The van der Waals surface area contributed by atoms with Crippen LogP contribution in [0.5, 0.6) is 5.75 Å². The van der Waals surface area contributed by atoms with E-state index < -0.39 is 26.5 Å². The van der Waals surface area contributed by atoms with Crippen LogP contribution >= 0.6 is 0 Å². The van der Waals surface area contributed by atoms with Gasteiger partial charge in [0, 0.05) is 11.6 Å². The molecule has 0 aliphatic carbocycles. The minimum atomic E-state index is -3.49. The Kier molecular flexibility index (Phi) is 6.48. The van der Waals surface area contributed by atoms with Crippen molar-refractivity contribution in [3.63, 3.8) is 0 Å². The van der Waals surface area contributed by atoms with Crippen LogP contribution in [0, 0.1) is 17.0 Å². The predicted molar refractivity (Wildman–Crippen MR) is 81.6 cm³/mol. The van der Waals surface area contributed by atoms with Crippen LogP contribution in [0.3, 0.4) is 0 Å². The molecule has 0 aliphatic heterocycles.